The maximum absolute atomic E-state index is 5.32. The number of furan rings is 1. The van der Waals surface area contributed by atoms with Crippen LogP contribution in [0.4, 0.5) is 0 Å². The van der Waals surface area contributed by atoms with Gasteiger partial charge in [0.25, 0.3) is 0 Å². The van der Waals surface area contributed by atoms with Crippen LogP contribution in [-0.2, 0) is 4.74 Å². The molecule has 2 nitrogen and oxygen atoms in total. The molecule has 0 amide bonds. The van der Waals surface area contributed by atoms with Gasteiger partial charge in [-0.15, -0.1) is 0 Å². The lowest BCUT2D eigenvalue weighted by Crippen LogP contribution is -2.13. The Morgan fingerprint density at radius 3 is 2.73 bits per heavy atom. The summed E-state index contributed by atoms with van der Waals surface area (Å²) in [5.74, 6) is 1.71. The Labute approximate surface area is 66.2 Å². The second-order valence-electron chi connectivity index (χ2n) is 2.90. The van der Waals surface area contributed by atoms with Crippen molar-refractivity contribution in [2.45, 2.75) is 18.8 Å². The molecule has 60 valence electrons. The Kier molecular flexibility index (Phi) is 1.95. The van der Waals surface area contributed by atoms with Crippen molar-refractivity contribution >= 4 is 0 Å². The zero-order valence-corrected chi connectivity index (χ0v) is 6.45. The lowest BCUT2D eigenvalue weighted by Gasteiger charge is -2.19. The summed E-state index contributed by atoms with van der Waals surface area (Å²) in [5, 5.41) is 0. The molecule has 2 heteroatoms. The molecule has 0 spiro atoms. The fourth-order valence-corrected chi connectivity index (χ4v) is 1.51. The number of rotatable bonds is 1. The smallest absolute Gasteiger partial charge is 0.107 e. The van der Waals surface area contributed by atoms with Crippen LogP contribution < -0.4 is 0 Å². The lowest BCUT2D eigenvalue weighted by atomic mass is 9.98. The van der Waals surface area contributed by atoms with E-state index in [0.29, 0.717) is 5.92 Å². The number of ether oxygens (including phenoxy) is 1. The van der Waals surface area contributed by atoms with Gasteiger partial charge in [0, 0.05) is 19.1 Å². The highest BCUT2D eigenvalue weighted by Crippen LogP contribution is 2.26. The average molecular weight is 152 g/mol. The number of hydrogen-bond donors (Lipinski definition) is 0. The molecule has 0 saturated carbocycles. The van der Waals surface area contributed by atoms with E-state index >= 15 is 0 Å². The van der Waals surface area contributed by atoms with Crippen LogP contribution in [0.15, 0.2) is 22.8 Å². The summed E-state index contributed by atoms with van der Waals surface area (Å²) in [7, 11) is 0. The third-order valence-corrected chi connectivity index (χ3v) is 2.17. The molecule has 1 aromatic heterocycles. The maximum Gasteiger partial charge on any atom is 0.107 e. The average Bonchev–Trinajstić information content (AvgIpc) is 2.58. The second kappa shape index (κ2) is 3.09. The van der Waals surface area contributed by atoms with Crippen molar-refractivity contribution < 1.29 is 9.15 Å². The van der Waals surface area contributed by atoms with Crippen molar-refractivity contribution in [3.63, 3.8) is 0 Å². The molecule has 0 radical (unpaired) electrons. The van der Waals surface area contributed by atoms with Gasteiger partial charge < -0.3 is 9.15 Å². The van der Waals surface area contributed by atoms with Gasteiger partial charge in [-0.1, -0.05) is 0 Å². The zero-order chi connectivity index (χ0) is 7.52. The first-order valence-electron chi connectivity index (χ1n) is 4.08. The van der Waals surface area contributed by atoms with E-state index in [1.54, 1.807) is 6.26 Å². The molecule has 1 aliphatic heterocycles. The van der Waals surface area contributed by atoms with Crippen molar-refractivity contribution in [3.8, 4) is 0 Å². The van der Waals surface area contributed by atoms with Crippen molar-refractivity contribution in [1.82, 2.24) is 0 Å². The molecule has 0 aromatic carbocycles. The summed E-state index contributed by atoms with van der Waals surface area (Å²) >= 11 is 0. The molecule has 2 heterocycles. The van der Waals surface area contributed by atoms with Crippen LogP contribution in [0.1, 0.15) is 24.5 Å². The zero-order valence-electron chi connectivity index (χ0n) is 6.45. The Morgan fingerprint density at radius 1 is 1.27 bits per heavy atom. The molecular weight excluding hydrogens is 140 g/mol. The van der Waals surface area contributed by atoms with E-state index in [2.05, 4.69) is 6.07 Å². The van der Waals surface area contributed by atoms with E-state index in [4.69, 9.17) is 9.15 Å². The molecule has 2 rings (SSSR count). The highest BCUT2D eigenvalue weighted by atomic mass is 16.5. The highest BCUT2D eigenvalue weighted by Gasteiger charge is 2.17. The normalized spacial score (nSPS) is 20.4. The third-order valence-electron chi connectivity index (χ3n) is 2.17. The summed E-state index contributed by atoms with van der Waals surface area (Å²) in [6.45, 7) is 1.76. The minimum absolute atomic E-state index is 0.596. The van der Waals surface area contributed by atoms with Crippen LogP contribution >= 0.6 is 0 Å². The van der Waals surface area contributed by atoms with E-state index in [9.17, 15) is 0 Å². The first-order valence-corrected chi connectivity index (χ1v) is 4.08. The fraction of sp³-hybridized carbons (Fsp3) is 0.556. The largest absolute Gasteiger partial charge is 0.469 e. The standard InChI is InChI=1S/C9H12O2/c1-2-9(11-5-1)8-3-6-10-7-4-8/h1-2,5,8H,3-4,6-7H2. The first kappa shape index (κ1) is 6.92. The highest BCUT2D eigenvalue weighted by molar-refractivity contribution is 5.05. The molecule has 11 heavy (non-hydrogen) atoms. The molecule has 0 aliphatic carbocycles. The van der Waals surface area contributed by atoms with Crippen molar-refractivity contribution in [3.05, 3.63) is 24.2 Å². The molecule has 0 bridgehead atoms. The van der Waals surface area contributed by atoms with E-state index in [1.807, 2.05) is 6.07 Å². The summed E-state index contributed by atoms with van der Waals surface area (Å²) < 4.78 is 10.6. The first-order chi connectivity index (χ1) is 5.47. The van der Waals surface area contributed by atoms with Gasteiger partial charge in [-0.25, -0.2) is 0 Å². The SMILES string of the molecule is c1coc(C2CCOCC2)c1. The van der Waals surface area contributed by atoms with Crippen LogP contribution in [0, 0.1) is 0 Å². The van der Waals surface area contributed by atoms with Crippen molar-refractivity contribution in [2.24, 2.45) is 0 Å². The van der Waals surface area contributed by atoms with E-state index in [-0.39, 0.29) is 0 Å². The van der Waals surface area contributed by atoms with Gasteiger partial charge in [0.15, 0.2) is 0 Å². The molecule has 1 fully saturated rings. The van der Waals surface area contributed by atoms with Gasteiger partial charge in [0.05, 0.1) is 6.26 Å². The fourth-order valence-electron chi connectivity index (χ4n) is 1.51. The topological polar surface area (TPSA) is 22.4 Å². The summed E-state index contributed by atoms with van der Waals surface area (Å²) in [4.78, 5) is 0. The number of hydrogen-bond acceptors (Lipinski definition) is 2. The molecule has 1 aliphatic rings. The minimum Gasteiger partial charge on any atom is -0.469 e. The Balaban J connectivity index is 2.04. The van der Waals surface area contributed by atoms with Gasteiger partial charge in [0.2, 0.25) is 0 Å². The third kappa shape index (κ3) is 1.46. The molecule has 1 saturated heterocycles. The van der Waals surface area contributed by atoms with Crippen LogP contribution in [0.5, 0.6) is 0 Å². The molecule has 0 atom stereocenters. The van der Waals surface area contributed by atoms with Gasteiger partial charge in [0.1, 0.15) is 5.76 Å². The predicted octanol–water partition coefficient (Wildman–Crippen LogP) is 2.17. The minimum atomic E-state index is 0.596. The quantitative estimate of drug-likeness (QED) is 0.615. The Morgan fingerprint density at radius 2 is 2.09 bits per heavy atom. The van der Waals surface area contributed by atoms with Gasteiger partial charge in [-0.05, 0) is 25.0 Å². The van der Waals surface area contributed by atoms with Crippen LogP contribution in [0.2, 0.25) is 0 Å². The summed E-state index contributed by atoms with van der Waals surface area (Å²) in [5.41, 5.74) is 0. The lowest BCUT2D eigenvalue weighted by molar-refractivity contribution is 0.0806. The van der Waals surface area contributed by atoms with E-state index in [0.717, 1.165) is 31.8 Å². The predicted molar refractivity (Wildman–Crippen MR) is 41.5 cm³/mol. The monoisotopic (exact) mass is 152 g/mol. The van der Waals surface area contributed by atoms with Gasteiger partial charge in [-0.3, -0.25) is 0 Å². The summed E-state index contributed by atoms with van der Waals surface area (Å²) in [6, 6.07) is 4.00. The molecule has 0 unspecified atom stereocenters. The molecule has 0 N–H and O–H groups in total. The van der Waals surface area contributed by atoms with E-state index < -0.39 is 0 Å². The second-order valence-corrected chi connectivity index (χ2v) is 2.90. The Hall–Kier alpha value is -0.760. The van der Waals surface area contributed by atoms with Gasteiger partial charge in [-0.2, -0.15) is 0 Å². The van der Waals surface area contributed by atoms with Crippen molar-refractivity contribution in [2.75, 3.05) is 13.2 Å². The van der Waals surface area contributed by atoms with E-state index in [1.165, 1.54) is 0 Å². The summed E-state index contributed by atoms with van der Waals surface area (Å²) in [6.07, 6.45) is 3.95. The molecule has 1 aromatic rings. The Bertz CT molecular complexity index is 197. The molecular formula is C9H12O2. The van der Waals surface area contributed by atoms with Crippen LogP contribution in [0.3, 0.4) is 0 Å². The van der Waals surface area contributed by atoms with Crippen LogP contribution in [0.25, 0.3) is 0 Å². The van der Waals surface area contributed by atoms with Crippen LogP contribution in [-0.4, -0.2) is 13.2 Å². The van der Waals surface area contributed by atoms with Gasteiger partial charge >= 0.3 is 0 Å². The van der Waals surface area contributed by atoms with Crippen molar-refractivity contribution in [1.29, 1.82) is 0 Å². The maximum atomic E-state index is 5.32.